The maximum atomic E-state index is 11.9. The Labute approximate surface area is 216 Å². The Morgan fingerprint density at radius 1 is 1.03 bits per heavy atom. The molecule has 4 aliphatic carbocycles. The van der Waals surface area contributed by atoms with E-state index in [1.54, 1.807) is 4.68 Å². The molecule has 1 aromatic carbocycles. The van der Waals surface area contributed by atoms with Crippen molar-refractivity contribution in [2.24, 2.45) is 0 Å². The molecule has 3 heterocycles. The Hall–Kier alpha value is -3.94. The van der Waals surface area contributed by atoms with Crippen LogP contribution in [0.2, 0.25) is 0 Å². The average molecular weight is 494 g/mol. The zero-order chi connectivity index (χ0) is 25.0. The van der Waals surface area contributed by atoms with Gasteiger partial charge in [0, 0.05) is 30.5 Å². The van der Waals surface area contributed by atoms with Gasteiger partial charge in [0.1, 0.15) is 5.78 Å². The van der Waals surface area contributed by atoms with E-state index in [4.69, 9.17) is 15.8 Å². The van der Waals surface area contributed by atoms with Crippen LogP contribution in [0.5, 0.6) is 0 Å². The molecule has 0 saturated carbocycles. The SMILES string of the molecule is Nc1nc(Nc2ccc3c(c2)CCC(=O)CC3)nn1-c1cc(C23C=CC(=CC2)CC3)c2c(n1)CCCN2. The third-order valence-electron chi connectivity index (χ3n) is 8.37. The maximum Gasteiger partial charge on any atom is 0.248 e. The van der Waals surface area contributed by atoms with Crippen LogP contribution in [-0.4, -0.2) is 32.1 Å². The summed E-state index contributed by atoms with van der Waals surface area (Å²) >= 11 is 0. The van der Waals surface area contributed by atoms with E-state index in [9.17, 15) is 4.79 Å². The monoisotopic (exact) mass is 493 g/mol. The predicted octanol–water partition coefficient (Wildman–Crippen LogP) is 4.71. The number of ketones is 1. The summed E-state index contributed by atoms with van der Waals surface area (Å²) in [6.45, 7) is 0.969. The minimum atomic E-state index is -0.0203. The standard InChI is InChI=1S/C29H31N7O/c30-27-34-28(32-21-6-3-19-4-7-22(37)8-5-20(19)16-21)35-36(27)25-17-23(26-24(33-25)2-1-15-31-26)29-12-9-18(10-13-29)11-14-29/h3,6,9-10,12,16-17,31H,1-2,4-5,7-8,11,13-15H2,(H3,30,32,34,35). The molecule has 0 radical (unpaired) electrons. The van der Waals surface area contributed by atoms with Gasteiger partial charge in [-0.15, -0.1) is 5.10 Å². The molecule has 1 atom stereocenters. The molecule has 0 saturated heterocycles. The fraction of sp³-hybridized carbons (Fsp3) is 0.379. The largest absolute Gasteiger partial charge is 0.383 e. The number of rotatable bonds is 4. The first-order valence-electron chi connectivity index (χ1n) is 13.4. The number of nitrogens with zero attached hydrogens (tertiary/aromatic N) is 4. The highest BCUT2D eigenvalue weighted by Gasteiger charge is 2.38. The highest BCUT2D eigenvalue weighted by atomic mass is 16.1. The number of benzene rings is 1. The first kappa shape index (κ1) is 22.3. The maximum absolute atomic E-state index is 11.9. The van der Waals surface area contributed by atoms with E-state index in [1.807, 2.05) is 6.07 Å². The number of anilines is 4. The zero-order valence-corrected chi connectivity index (χ0v) is 20.9. The van der Waals surface area contributed by atoms with Gasteiger partial charge in [-0.25, -0.2) is 4.98 Å². The molecular weight excluding hydrogens is 462 g/mol. The summed E-state index contributed by atoms with van der Waals surface area (Å²) in [6.07, 6.45) is 15.1. The Morgan fingerprint density at radius 2 is 1.92 bits per heavy atom. The Balaban J connectivity index is 1.23. The number of pyridine rings is 1. The molecule has 37 heavy (non-hydrogen) atoms. The van der Waals surface area contributed by atoms with Crippen molar-refractivity contribution < 1.29 is 4.79 Å². The fourth-order valence-corrected chi connectivity index (χ4v) is 6.25. The molecule has 5 aliphatic rings. The molecule has 2 bridgehead atoms. The second kappa shape index (κ2) is 8.57. The van der Waals surface area contributed by atoms with Crippen molar-refractivity contribution in [2.45, 2.75) is 63.2 Å². The van der Waals surface area contributed by atoms with Gasteiger partial charge in [-0.2, -0.15) is 9.67 Å². The molecule has 1 unspecified atom stereocenters. The van der Waals surface area contributed by atoms with Crippen LogP contribution in [0.3, 0.4) is 0 Å². The number of carbonyl (C=O) groups excluding carboxylic acids is 1. The number of fused-ring (bicyclic) bond motifs is 4. The van der Waals surface area contributed by atoms with Crippen LogP contribution in [0.4, 0.5) is 23.3 Å². The highest BCUT2D eigenvalue weighted by Crippen LogP contribution is 2.48. The van der Waals surface area contributed by atoms with Crippen LogP contribution in [-0.2, 0) is 29.5 Å². The van der Waals surface area contributed by atoms with Crippen LogP contribution < -0.4 is 16.4 Å². The number of carbonyl (C=O) groups is 1. The van der Waals surface area contributed by atoms with Crippen LogP contribution in [0.25, 0.3) is 5.82 Å². The van der Waals surface area contributed by atoms with Gasteiger partial charge < -0.3 is 16.4 Å². The van der Waals surface area contributed by atoms with E-state index < -0.39 is 0 Å². The lowest BCUT2D eigenvalue weighted by molar-refractivity contribution is -0.118. The quantitative estimate of drug-likeness (QED) is 0.451. The second-order valence-corrected chi connectivity index (χ2v) is 10.7. The molecular formula is C29H31N7O. The van der Waals surface area contributed by atoms with Crippen molar-refractivity contribution in [1.82, 2.24) is 19.7 Å². The molecule has 188 valence electrons. The molecule has 2 aromatic heterocycles. The highest BCUT2D eigenvalue weighted by molar-refractivity contribution is 5.80. The lowest BCUT2D eigenvalue weighted by Crippen LogP contribution is -2.32. The minimum absolute atomic E-state index is 0.0203. The third kappa shape index (κ3) is 3.91. The van der Waals surface area contributed by atoms with Crippen molar-refractivity contribution in [3.63, 3.8) is 0 Å². The number of Topliss-reactive ketones (excluding diaryl/α,β-unsaturated/α-hetero) is 1. The van der Waals surface area contributed by atoms with Gasteiger partial charge in [-0.3, -0.25) is 4.79 Å². The van der Waals surface area contributed by atoms with Crippen LogP contribution >= 0.6 is 0 Å². The number of hydrogen-bond donors (Lipinski definition) is 3. The molecule has 0 spiro atoms. The summed E-state index contributed by atoms with van der Waals surface area (Å²) in [5.74, 6) is 1.77. The van der Waals surface area contributed by atoms with Crippen molar-refractivity contribution in [3.8, 4) is 5.82 Å². The number of allylic oxidation sites excluding steroid dienone is 4. The van der Waals surface area contributed by atoms with Gasteiger partial charge in [0.15, 0.2) is 5.82 Å². The molecule has 8 nitrogen and oxygen atoms in total. The van der Waals surface area contributed by atoms with E-state index in [0.29, 0.717) is 36.3 Å². The van der Waals surface area contributed by atoms with Gasteiger partial charge >= 0.3 is 0 Å². The smallest absolute Gasteiger partial charge is 0.248 e. The number of hydrogen-bond acceptors (Lipinski definition) is 7. The molecule has 1 aliphatic heterocycles. The summed E-state index contributed by atoms with van der Waals surface area (Å²) < 4.78 is 1.65. The van der Waals surface area contributed by atoms with E-state index in [2.05, 4.69) is 52.0 Å². The van der Waals surface area contributed by atoms with Gasteiger partial charge in [0.2, 0.25) is 11.9 Å². The van der Waals surface area contributed by atoms with Crippen molar-refractivity contribution in [1.29, 1.82) is 0 Å². The summed E-state index contributed by atoms with van der Waals surface area (Å²) in [4.78, 5) is 21.4. The van der Waals surface area contributed by atoms with Gasteiger partial charge in [-0.1, -0.05) is 29.9 Å². The van der Waals surface area contributed by atoms with Crippen molar-refractivity contribution in [2.75, 3.05) is 22.9 Å². The summed E-state index contributed by atoms with van der Waals surface area (Å²) in [5, 5.41) is 11.7. The van der Waals surface area contributed by atoms with E-state index in [1.165, 1.54) is 28.0 Å². The normalized spacial score (nSPS) is 22.1. The lowest BCUT2D eigenvalue weighted by Gasteiger charge is -2.40. The summed E-state index contributed by atoms with van der Waals surface area (Å²) in [7, 11) is 0. The van der Waals surface area contributed by atoms with Crippen LogP contribution in [0.15, 0.2) is 48.1 Å². The van der Waals surface area contributed by atoms with Crippen LogP contribution in [0.1, 0.15) is 60.9 Å². The number of aromatic nitrogens is 4. The molecule has 8 rings (SSSR count). The second-order valence-electron chi connectivity index (χ2n) is 10.7. The van der Waals surface area contributed by atoms with Crippen molar-refractivity contribution >= 4 is 29.1 Å². The minimum Gasteiger partial charge on any atom is -0.383 e. The summed E-state index contributed by atoms with van der Waals surface area (Å²) in [6, 6.07) is 8.37. The van der Waals surface area contributed by atoms with Crippen molar-refractivity contribution in [3.05, 3.63) is 70.5 Å². The van der Waals surface area contributed by atoms with E-state index in [0.717, 1.165) is 62.9 Å². The fourth-order valence-electron chi connectivity index (χ4n) is 6.25. The van der Waals surface area contributed by atoms with Gasteiger partial charge in [-0.05, 0) is 79.8 Å². The predicted molar refractivity (Wildman–Crippen MR) is 145 cm³/mol. The summed E-state index contributed by atoms with van der Waals surface area (Å²) in [5.41, 5.74) is 14.7. The Kier molecular flexibility index (Phi) is 5.16. The average Bonchev–Trinajstić information content (AvgIpc) is 3.20. The molecule has 0 fully saturated rings. The molecule has 0 amide bonds. The number of nitrogens with two attached hydrogens (primary N) is 1. The van der Waals surface area contributed by atoms with Crippen LogP contribution in [0, 0.1) is 0 Å². The topological polar surface area (TPSA) is 111 Å². The molecule has 4 N–H and O–H groups in total. The Morgan fingerprint density at radius 3 is 2.73 bits per heavy atom. The van der Waals surface area contributed by atoms with Gasteiger partial charge in [0.25, 0.3) is 0 Å². The molecule has 8 heteroatoms. The zero-order valence-electron chi connectivity index (χ0n) is 20.9. The van der Waals surface area contributed by atoms with E-state index >= 15 is 0 Å². The first-order valence-corrected chi connectivity index (χ1v) is 13.4. The molecule has 3 aromatic rings. The number of aryl methyl sites for hydroxylation is 3. The number of nitrogens with one attached hydrogen (secondary N) is 2. The third-order valence-corrected chi connectivity index (χ3v) is 8.37. The van der Waals surface area contributed by atoms with E-state index in [-0.39, 0.29) is 5.41 Å². The Bertz CT molecular complexity index is 1480. The number of nitrogen functional groups attached to an aromatic ring is 1. The lowest BCUT2D eigenvalue weighted by atomic mass is 9.65. The first-order chi connectivity index (χ1) is 18.1. The van der Waals surface area contributed by atoms with Gasteiger partial charge in [0.05, 0.1) is 11.4 Å².